The van der Waals surface area contributed by atoms with E-state index in [0.717, 1.165) is 22.2 Å². The van der Waals surface area contributed by atoms with Crippen LogP contribution in [0.15, 0.2) is 88.4 Å². The van der Waals surface area contributed by atoms with Crippen LogP contribution >= 0.6 is 11.8 Å². The molecule has 0 aliphatic carbocycles. The van der Waals surface area contributed by atoms with Gasteiger partial charge in [0, 0.05) is 11.1 Å². The summed E-state index contributed by atoms with van der Waals surface area (Å²) in [6, 6.07) is 24.3. The number of benzene rings is 3. The Morgan fingerprint density at radius 1 is 1.03 bits per heavy atom. The number of rotatable bonds is 6. The first-order valence-corrected chi connectivity index (χ1v) is 11.3. The molecular formula is C25H20N4O3S. The average molecular weight is 457 g/mol. The highest BCUT2D eigenvalue weighted by molar-refractivity contribution is 7.99. The maximum absolute atomic E-state index is 12.5. The molecule has 2 aromatic heterocycles. The lowest BCUT2D eigenvalue weighted by Gasteiger charge is -2.10. The number of fused-ring (bicyclic) bond motifs is 1. The first-order chi connectivity index (χ1) is 16.1. The number of anilines is 1. The summed E-state index contributed by atoms with van der Waals surface area (Å²) in [6.45, 7) is 2.02. The Hall–Kier alpha value is -4.04. The second-order valence-corrected chi connectivity index (χ2v) is 8.42. The number of hydrogen-bond donors (Lipinski definition) is 2. The van der Waals surface area contributed by atoms with Crippen molar-refractivity contribution < 1.29 is 14.3 Å². The van der Waals surface area contributed by atoms with Crippen molar-refractivity contribution in [3.05, 3.63) is 84.4 Å². The number of carbonyl (C=O) groups excluding carboxylic acids is 1. The van der Waals surface area contributed by atoms with Gasteiger partial charge in [-0.25, -0.2) is 0 Å². The van der Waals surface area contributed by atoms with Gasteiger partial charge >= 0.3 is 0 Å². The topological polar surface area (TPSA) is 93.2 Å². The van der Waals surface area contributed by atoms with Gasteiger partial charge < -0.3 is 14.8 Å². The second kappa shape index (κ2) is 8.84. The number of phenolic OH excluding ortho intramolecular Hbond substituents is 1. The molecular weight excluding hydrogens is 436 g/mol. The van der Waals surface area contributed by atoms with Crippen LogP contribution in [0.2, 0.25) is 0 Å². The molecule has 0 radical (unpaired) electrons. The van der Waals surface area contributed by atoms with Crippen molar-refractivity contribution in [3.8, 4) is 23.0 Å². The van der Waals surface area contributed by atoms with E-state index in [1.54, 1.807) is 18.2 Å². The van der Waals surface area contributed by atoms with Crippen molar-refractivity contribution in [2.45, 2.75) is 12.1 Å². The van der Waals surface area contributed by atoms with Crippen LogP contribution < -0.4 is 5.32 Å². The van der Waals surface area contributed by atoms with Crippen molar-refractivity contribution in [1.29, 1.82) is 0 Å². The number of aromatic hydroxyl groups is 1. The normalized spacial score (nSPS) is 11.1. The predicted octanol–water partition coefficient (Wildman–Crippen LogP) is 5.43. The van der Waals surface area contributed by atoms with E-state index in [2.05, 4.69) is 15.5 Å². The molecule has 0 bridgehead atoms. The number of furan rings is 1. The summed E-state index contributed by atoms with van der Waals surface area (Å²) in [5.41, 5.74) is 3.13. The van der Waals surface area contributed by atoms with Gasteiger partial charge in [0.1, 0.15) is 11.3 Å². The molecule has 33 heavy (non-hydrogen) atoms. The first-order valence-electron chi connectivity index (χ1n) is 10.3. The maximum Gasteiger partial charge on any atom is 0.234 e. The fraction of sp³-hybridized carbons (Fsp3) is 0.0800. The third kappa shape index (κ3) is 4.33. The van der Waals surface area contributed by atoms with Crippen molar-refractivity contribution in [2.24, 2.45) is 0 Å². The van der Waals surface area contributed by atoms with E-state index in [0.29, 0.717) is 22.4 Å². The van der Waals surface area contributed by atoms with E-state index in [4.69, 9.17) is 4.42 Å². The lowest BCUT2D eigenvalue weighted by Crippen LogP contribution is -2.14. The zero-order valence-electron chi connectivity index (χ0n) is 17.7. The Kier molecular flexibility index (Phi) is 5.58. The van der Waals surface area contributed by atoms with Crippen molar-refractivity contribution in [1.82, 2.24) is 14.8 Å². The van der Waals surface area contributed by atoms with Crippen LogP contribution in [0, 0.1) is 6.92 Å². The summed E-state index contributed by atoms with van der Waals surface area (Å²) in [7, 11) is 0. The number of amides is 1. The number of para-hydroxylation sites is 3. The molecule has 0 fully saturated rings. The van der Waals surface area contributed by atoms with Crippen LogP contribution in [0.3, 0.4) is 0 Å². The molecule has 164 valence electrons. The van der Waals surface area contributed by atoms with Gasteiger partial charge in [-0.2, -0.15) is 0 Å². The van der Waals surface area contributed by atoms with Gasteiger partial charge in [-0.1, -0.05) is 59.8 Å². The van der Waals surface area contributed by atoms with Gasteiger partial charge in [0.15, 0.2) is 10.9 Å². The monoisotopic (exact) mass is 456 g/mol. The molecule has 0 aliphatic rings. The standard InChI is InChI=1S/C25H20N4O3S/c1-16-10-12-18(13-11-16)29-24(22-14-17-6-2-5-9-21(17)32-22)27-28-25(29)33-15-23(31)26-19-7-3-4-8-20(19)30/h2-14,30H,15H2,1H3,(H,26,31). The number of thioether (sulfide) groups is 1. The van der Waals surface area contributed by atoms with Gasteiger partial charge in [-0.3, -0.25) is 9.36 Å². The zero-order valence-corrected chi connectivity index (χ0v) is 18.5. The fourth-order valence-electron chi connectivity index (χ4n) is 3.44. The molecule has 0 atom stereocenters. The van der Waals surface area contributed by atoms with E-state index in [-0.39, 0.29) is 17.4 Å². The Morgan fingerprint density at radius 2 is 1.79 bits per heavy atom. The third-order valence-corrected chi connectivity index (χ3v) is 6.01. The summed E-state index contributed by atoms with van der Waals surface area (Å²) in [5.74, 6) is 1.00. The predicted molar refractivity (Wildman–Crippen MR) is 129 cm³/mol. The molecule has 8 heteroatoms. The molecule has 1 amide bonds. The first kappa shape index (κ1) is 20.8. The van der Waals surface area contributed by atoms with Crippen LogP contribution in [-0.2, 0) is 4.79 Å². The van der Waals surface area contributed by atoms with Crippen molar-refractivity contribution in [3.63, 3.8) is 0 Å². The zero-order chi connectivity index (χ0) is 22.8. The molecule has 5 aromatic rings. The Labute approximate surface area is 194 Å². The summed E-state index contributed by atoms with van der Waals surface area (Å²) >= 11 is 1.26. The van der Waals surface area contributed by atoms with Crippen LogP contribution in [0.5, 0.6) is 5.75 Å². The highest BCUT2D eigenvalue weighted by Gasteiger charge is 2.20. The van der Waals surface area contributed by atoms with E-state index < -0.39 is 0 Å². The number of hydrogen-bond acceptors (Lipinski definition) is 6. The quantitative estimate of drug-likeness (QED) is 0.262. The van der Waals surface area contributed by atoms with E-state index in [1.807, 2.05) is 66.1 Å². The molecule has 0 spiro atoms. The van der Waals surface area contributed by atoms with E-state index in [1.165, 1.54) is 17.8 Å². The van der Waals surface area contributed by atoms with Crippen molar-refractivity contribution in [2.75, 3.05) is 11.1 Å². The number of nitrogens with zero attached hydrogens (tertiary/aromatic N) is 3. The molecule has 2 N–H and O–H groups in total. The van der Waals surface area contributed by atoms with E-state index >= 15 is 0 Å². The Balaban J connectivity index is 1.46. The molecule has 2 heterocycles. The molecule has 0 saturated carbocycles. The summed E-state index contributed by atoms with van der Waals surface area (Å²) < 4.78 is 7.92. The minimum absolute atomic E-state index is 0.0193. The highest BCUT2D eigenvalue weighted by atomic mass is 32.2. The lowest BCUT2D eigenvalue weighted by atomic mass is 10.2. The SMILES string of the molecule is Cc1ccc(-n2c(SCC(=O)Nc3ccccc3O)nnc2-c2cc3ccccc3o2)cc1. The van der Waals surface area contributed by atoms with Crippen LogP contribution in [0.4, 0.5) is 5.69 Å². The summed E-state index contributed by atoms with van der Waals surface area (Å²) in [6.07, 6.45) is 0. The molecule has 3 aromatic carbocycles. The van der Waals surface area contributed by atoms with Gasteiger partial charge in [0.2, 0.25) is 11.7 Å². The van der Waals surface area contributed by atoms with Crippen molar-refractivity contribution >= 4 is 34.3 Å². The number of nitrogens with one attached hydrogen (secondary N) is 1. The van der Waals surface area contributed by atoms with Gasteiger partial charge in [-0.05, 0) is 43.3 Å². The molecule has 0 unspecified atom stereocenters. The Morgan fingerprint density at radius 3 is 2.58 bits per heavy atom. The number of carbonyl (C=O) groups is 1. The minimum atomic E-state index is -0.259. The van der Waals surface area contributed by atoms with Gasteiger partial charge in [-0.15, -0.1) is 10.2 Å². The number of aromatic nitrogens is 3. The highest BCUT2D eigenvalue weighted by Crippen LogP contribution is 2.32. The summed E-state index contributed by atoms with van der Waals surface area (Å²) in [4.78, 5) is 12.5. The van der Waals surface area contributed by atoms with Gasteiger partial charge in [0.25, 0.3) is 0 Å². The molecule has 5 rings (SSSR count). The van der Waals surface area contributed by atoms with Crippen LogP contribution in [-0.4, -0.2) is 31.5 Å². The fourth-order valence-corrected chi connectivity index (χ4v) is 4.19. The molecule has 0 saturated heterocycles. The summed E-state index contributed by atoms with van der Waals surface area (Å²) in [5, 5.41) is 22.9. The second-order valence-electron chi connectivity index (χ2n) is 7.48. The number of aryl methyl sites for hydroxylation is 1. The van der Waals surface area contributed by atoms with Crippen LogP contribution in [0.25, 0.3) is 28.2 Å². The average Bonchev–Trinajstić information content (AvgIpc) is 3.44. The third-order valence-electron chi connectivity index (χ3n) is 5.08. The minimum Gasteiger partial charge on any atom is -0.506 e. The lowest BCUT2D eigenvalue weighted by molar-refractivity contribution is -0.113. The van der Waals surface area contributed by atoms with Crippen LogP contribution in [0.1, 0.15) is 5.56 Å². The smallest absolute Gasteiger partial charge is 0.234 e. The number of phenols is 1. The largest absolute Gasteiger partial charge is 0.506 e. The molecule has 0 aliphatic heterocycles. The Bertz CT molecular complexity index is 1410. The molecule has 7 nitrogen and oxygen atoms in total. The van der Waals surface area contributed by atoms with Gasteiger partial charge in [0.05, 0.1) is 11.4 Å². The maximum atomic E-state index is 12.5. The van der Waals surface area contributed by atoms with E-state index in [9.17, 15) is 9.90 Å².